The number of hydrogen-bond acceptors (Lipinski definition) is 1. The van der Waals surface area contributed by atoms with E-state index in [9.17, 15) is 0 Å². The molecule has 86 valence electrons. The Morgan fingerprint density at radius 3 is 2.73 bits per heavy atom. The van der Waals surface area contributed by atoms with Crippen molar-refractivity contribution >= 4 is 0 Å². The summed E-state index contributed by atoms with van der Waals surface area (Å²) >= 11 is 0. The highest BCUT2D eigenvalue weighted by atomic mass is 16.5. The maximum absolute atomic E-state index is 6.20. The second kappa shape index (κ2) is 3.76. The Balaban J connectivity index is 1.65. The third-order valence-electron chi connectivity index (χ3n) is 5.35. The summed E-state index contributed by atoms with van der Waals surface area (Å²) in [7, 11) is 0. The van der Waals surface area contributed by atoms with E-state index in [0.717, 1.165) is 23.7 Å². The van der Waals surface area contributed by atoms with Crippen LogP contribution in [-0.4, -0.2) is 12.2 Å². The predicted octanol–water partition coefficient (Wildman–Crippen LogP) is 3.63. The van der Waals surface area contributed by atoms with Crippen LogP contribution in [0.1, 0.15) is 52.4 Å². The standard InChI is InChI=1S/C14H24O/c1-3-9(2)15-14-8-10-7-13(14)12-6-4-5-11(10)12/h9-14H,3-8H2,1-2H3/t9-,10?,11?,12?,13?,14?/m1/s1. The highest BCUT2D eigenvalue weighted by Crippen LogP contribution is 2.59. The Hall–Kier alpha value is -0.0400. The van der Waals surface area contributed by atoms with Crippen molar-refractivity contribution in [3.05, 3.63) is 0 Å². The second-order valence-corrected chi connectivity index (χ2v) is 6.05. The van der Waals surface area contributed by atoms with Crippen molar-refractivity contribution in [2.75, 3.05) is 0 Å². The molecule has 15 heavy (non-hydrogen) atoms. The van der Waals surface area contributed by atoms with Gasteiger partial charge in [0.2, 0.25) is 0 Å². The zero-order chi connectivity index (χ0) is 10.4. The van der Waals surface area contributed by atoms with E-state index in [1.807, 2.05) is 0 Å². The Kier molecular flexibility index (Phi) is 2.54. The van der Waals surface area contributed by atoms with Crippen molar-refractivity contribution in [1.29, 1.82) is 0 Å². The molecule has 6 atom stereocenters. The summed E-state index contributed by atoms with van der Waals surface area (Å²) in [6, 6.07) is 0. The van der Waals surface area contributed by atoms with Crippen LogP contribution < -0.4 is 0 Å². The highest BCUT2D eigenvalue weighted by molar-refractivity contribution is 5.03. The fraction of sp³-hybridized carbons (Fsp3) is 1.00. The van der Waals surface area contributed by atoms with Crippen LogP contribution in [0.25, 0.3) is 0 Å². The molecular weight excluding hydrogens is 184 g/mol. The Morgan fingerprint density at radius 1 is 1.13 bits per heavy atom. The van der Waals surface area contributed by atoms with Crippen molar-refractivity contribution in [2.45, 2.75) is 64.6 Å². The lowest BCUT2D eigenvalue weighted by atomic mass is 9.80. The first-order chi connectivity index (χ1) is 7.29. The van der Waals surface area contributed by atoms with Crippen molar-refractivity contribution in [1.82, 2.24) is 0 Å². The third kappa shape index (κ3) is 1.54. The molecule has 3 rings (SSSR count). The van der Waals surface area contributed by atoms with Gasteiger partial charge in [-0.1, -0.05) is 13.3 Å². The molecule has 1 heteroatoms. The molecule has 2 bridgehead atoms. The molecule has 0 N–H and O–H groups in total. The Bertz CT molecular complexity index is 237. The summed E-state index contributed by atoms with van der Waals surface area (Å²) in [6.45, 7) is 4.47. The number of rotatable bonds is 3. The minimum Gasteiger partial charge on any atom is -0.375 e. The molecule has 0 aliphatic heterocycles. The maximum atomic E-state index is 6.20. The van der Waals surface area contributed by atoms with Gasteiger partial charge in [0.05, 0.1) is 12.2 Å². The molecule has 3 aliphatic rings. The molecule has 1 nitrogen and oxygen atoms in total. The van der Waals surface area contributed by atoms with E-state index in [1.54, 1.807) is 0 Å². The van der Waals surface area contributed by atoms with Gasteiger partial charge in [0, 0.05) is 0 Å². The molecule has 0 aromatic carbocycles. The number of hydrogen-bond donors (Lipinski definition) is 0. The topological polar surface area (TPSA) is 9.23 Å². The van der Waals surface area contributed by atoms with Crippen LogP contribution in [-0.2, 0) is 4.74 Å². The summed E-state index contributed by atoms with van der Waals surface area (Å²) in [5.74, 6) is 4.14. The quantitative estimate of drug-likeness (QED) is 0.688. The van der Waals surface area contributed by atoms with E-state index in [2.05, 4.69) is 13.8 Å². The van der Waals surface area contributed by atoms with Crippen LogP contribution in [0.2, 0.25) is 0 Å². The summed E-state index contributed by atoms with van der Waals surface area (Å²) in [6.07, 6.45) is 9.69. The molecule has 0 amide bonds. The molecule has 0 saturated heterocycles. The molecule has 0 aromatic rings. The van der Waals surface area contributed by atoms with E-state index >= 15 is 0 Å². The Labute approximate surface area is 93.6 Å². The van der Waals surface area contributed by atoms with Crippen molar-refractivity contribution in [3.8, 4) is 0 Å². The minimum absolute atomic E-state index is 0.481. The molecular formula is C14H24O. The van der Waals surface area contributed by atoms with Crippen LogP contribution in [0, 0.1) is 23.7 Å². The van der Waals surface area contributed by atoms with Gasteiger partial charge in [0.1, 0.15) is 0 Å². The lowest BCUT2D eigenvalue weighted by molar-refractivity contribution is -0.0513. The molecule has 3 fully saturated rings. The zero-order valence-electron chi connectivity index (χ0n) is 10.1. The van der Waals surface area contributed by atoms with Gasteiger partial charge < -0.3 is 4.74 Å². The lowest BCUT2D eigenvalue weighted by Crippen LogP contribution is -2.32. The van der Waals surface area contributed by atoms with Crippen LogP contribution >= 0.6 is 0 Å². The van der Waals surface area contributed by atoms with Gasteiger partial charge in [-0.3, -0.25) is 0 Å². The van der Waals surface area contributed by atoms with Gasteiger partial charge in [0.25, 0.3) is 0 Å². The first kappa shape index (κ1) is 10.1. The molecule has 3 aliphatic carbocycles. The van der Waals surface area contributed by atoms with E-state index in [4.69, 9.17) is 4.74 Å². The smallest absolute Gasteiger partial charge is 0.0612 e. The van der Waals surface area contributed by atoms with Crippen molar-refractivity contribution < 1.29 is 4.74 Å². The van der Waals surface area contributed by atoms with Crippen molar-refractivity contribution in [3.63, 3.8) is 0 Å². The second-order valence-electron chi connectivity index (χ2n) is 6.05. The predicted molar refractivity (Wildman–Crippen MR) is 61.7 cm³/mol. The summed E-state index contributed by atoms with van der Waals surface area (Å²) < 4.78 is 6.20. The Morgan fingerprint density at radius 2 is 1.93 bits per heavy atom. The average Bonchev–Trinajstić information content (AvgIpc) is 2.87. The van der Waals surface area contributed by atoms with Gasteiger partial charge in [-0.25, -0.2) is 0 Å². The fourth-order valence-corrected chi connectivity index (χ4v) is 4.56. The van der Waals surface area contributed by atoms with Gasteiger partial charge in [0.15, 0.2) is 0 Å². The monoisotopic (exact) mass is 208 g/mol. The first-order valence-corrected chi connectivity index (χ1v) is 6.95. The first-order valence-electron chi connectivity index (χ1n) is 6.95. The zero-order valence-corrected chi connectivity index (χ0v) is 10.1. The highest BCUT2D eigenvalue weighted by Gasteiger charge is 2.54. The molecule has 0 radical (unpaired) electrons. The largest absolute Gasteiger partial charge is 0.375 e. The van der Waals surface area contributed by atoms with E-state index in [-0.39, 0.29) is 0 Å². The molecule has 3 saturated carbocycles. The third-order valence-corrected chi connectivity index (χ3v) is 5.35. The van der Waals surface area contributed by atoms with Gasteiger partial charge in [-0.05, 0) is 62.7 Å². The summed E-state index contributed by atoms with van der Waals surface area (Å²) in [4.78, 5) is 0. The fourth-order valence-electron chi connectivity index (χ4n) is 4.56. The normalized spacial score (nSPS) is 49.6. The molecule has 5 unspecified atom stereocenters. The van der Waals surface area contributed by atoms with Crippen LogP contribution in [0.3, 0.4) is 0 Å². The number of ether oxygens (including phenoxy) is 1. The van der Waals surface area contributed by atoms with Crippen LogP contribution in [0.15, 0.2) is 0 Å². The minimum atomic E-state index is 0.481. The van der Waals surface area contributed by atoms with E-state index in [1.165, 1.54) is 38.5 Å². The van der Waals surface area contributed by atoms with E-state index in [0.29, 0.717) is 12.2 Å². The molecule has 0 spiro atoms. The molecule has 0 aromatic heterocycles. The SMILES string of the molecule is CC[C@@H](C)OC1CC2CC1C1CCCC21. The van der Waals surface area contributed by atoms with Crippen molar-refractivity contribution in [2.24, 2.45) is 23.7 Å². The van der Waals surface area contributed by atoms with Crippen LogP contribution in [0.4, 0.5) is 0 Å². The lowest BCUT2D eigenvalue weighted by Gasteiger charge is -2.33. The van der Waals surface area contributed by atoms with Gasteiger partial charge in [-0.15, -0.1) is 0 Å². The van der Waals surface area contributed by atoms with Crippen LogP contribution in [0.5, 0.6) is 0 Å². The maximum Gasteiger partial charge on any atom is 0.0612 e. The van der Waals surface area contributed by atoms with Gasteiger partial charge >= 0.3 is 0 Å². The average molecular weight is 208 g/mol. The van der Waals surface area contributed by atoms with E-state index < -0.39 is 0 Å². The van der Waals surface area contributed by atoms with Gasteiger partial charge in [-0.2, -0.15) is 0 Å². The summed E-state index contributed by atoms with van der Waals surface area (Å²) in [5, 5.41) is 0. The summed E-state index contributed by atoms with van der Waals surface area (Å²) in [5.41, 5.74) is 0. The number of fused-ring (bicyclic) bond motifs is 5. The molecule has 0 heterocycles.